The highest BCUT2D eigenvalue weighted by Gasteiger charge is 2.18. The van der Waals surface area contributed by atoms with Crippen LogP contribution in [-0.4, -0.2) is 22.5 Å². The molecule has 2 rings (SSSR count). The third-order valence-electron chi connectivity index (χ3n) is 2.96. The van der Waals surface area contributed by atoms with E-state index in [9.17, 15) is 9.90 Å². The van der Waals surface area contributed by atoms with E-state index in [1.54, 1.807) is 12.1 Å². The number of aryl methyl sites for hydroxylation is 1. The number of hydrogen-bond donors (Lipinski definition) is 2. The Kier molecular flexibility index (Phi) is 5.14. The molecule has 0 radical (unpaired) electrons. The van der Waals surface area contributed by atoms with E-state index in [0.29, 0.717) is 16.6 Å². The van der Waals surface area contributed by atoms with Crippen LogP contribution in [0.3, 0.4) is 0 Å². The number of aliphatic hydroxyl groups excluding tert-OH is 1. The minimum absolute atomic E-state index is 0.114. The summed E-state index contributed by atoms with van der Waals surface area (Å²) in [6, 6.07) is 3.38. The predicted molar refractivity (Wildman–Crippen MR) is 81.4 cm³/mol. The van der Waals surface area contributed by atoms with Crippen molar-refractivity contribution in [3.63, 3.8) is 0 Å². The summed E-state index contributed by atoms with van der Waals surface area (Å²) in [5.74, 6) is 0.745. The molecule has 0 fully saturated rings. The van der Waals surface area contributed by atoms with Gasteiger partial charge in [0.15, 0.2) is 0 Å². The van der Waals surface area contributed by atoms with Gasteiger partial charge in [0, 0.05) is 6.42 Å². The van der Waals surface area contributed by atoms with Crippen LogP contribution in [0, 0.1) is 12.8 Å². The Hall–Kier alpha value is -1.66. The monoisotopic (exact) mass is 308 g/mol. The average molecular weight is 308 g/mol. The second kappa shape index (κ2) is 6.87. The molecule has 21 heavy (non-hydrogen) atoms. The molecule has 0 aliphatic carbocycles. The van der Waals surface area contributed by atoms with Gasteiger partial charge in [-0.25, -0.2) is 4.98 Å². The summed E-state index contributed by atoms with van der Waals surface area (Å²) in [6.07, 6.45) is 1.52. The molecule has 0 aliphatic heterocycles. The molecule has 2 N–H and O–H groups in total. The van der Waals surface area contributed by atoms with Crippen LogP contribution < -0.4 is 5.32 Å². The van der Waals surface area contributed by atoms with Crippen molar-refractivity contribution in [2.45, 2.75) is 33.3 Å². The fraction of sp³-hybridized carbons (Fsp3) is 0.467. The normalized spacial score (nSPS) is 12.6. The number of nitrogens with zero attached hydrogens (tertiary/aromatic N) is 1. The highest BCUT2D eigenvalue weighted by atomic mass is 32.1. The summed E-state index contributed by atoms with van der Waals surface area (Å²) in [5, 5.41) is 13.6. The average Bonchev–Trinajstić information content (AvgIpc) is 3.04. The first kappa shape index (κ1) is 15.7. The zero-order valence-electron chi connectivity index (χ0n) is 12.4. The molecule has 2 aromatic rings. The van der Waals surface area contributed by atoms with E-state index in [1.807, 2.05) is 6.92 Å². The minimum Gasteiger partial charge on any atom is -0.467 e. The maximum Gasteiger partial charge on any atom is 0.263 e. The number of hydrogen-bond acceptors (Lipinski definition) is 5. The third kappa shape index (κ3) is 4.15. The van der Waals surface area contributed by atoms with Gasteiger partial charge in [0.1, 0.15) is 16.7 Å². The first-order chi connectivity index (χ1) is 9.97. The van der Waals surface area contributed by atoms with Crippen LogP contribution in [0.15, 0.2) is 22.8 Å². The van der Waals surface area contributed by atoms with Crippen molar-refractivity contribution in [3.8, 4) is 0 Å². The largest absolute Gasteiger partial charge is 0.467 e. The number of amides is 1. The van der Waals surface area contributed by atoms with Crippen molar-refractivity contribution in [1.82, 2.24) is 10.3 Å². The number of carbonyl (C=O) groups excluding carboxylic acids is 1. The Morgan fingerprint density at radius 1 is 1.52 bits per heavy atom. The van der Waals surface area contributed by atoms with Gasteiger partial charge in [0.2, 0.25) is 0 Å². The highest BCUT2D eigenvalue weighted by Crippen LogP contribution is 2.21. The molecule has 6 heteroatoms. The number of carbonyl (C=O) groups is 1. The molecule has 114 valence electrons. The maximum atomic E-state index is 12.2. The number of nitrogens with one attached hydrogen (secondary N) is 1. The number of furan rings is 1. The number of aliphatic hydroxyl groups is 1. The molecule has 2 heterocycles. The van der Waals surface area contributed by atoms with Gasteiger partial charge < -0.3 is 14.8 Å². The fourth-order valence-corrected chi connectivity index (χ4v) is 3.14. The van der Waals surface area contributed by atoms with E-state index in [1.165, 1.54) is 17.6 Å². The fourth-order valence-electron chi connectivity index (χ4n) is 1.95. The first-order valence-corrected chi connectivity index (χ1v) is 7.75. The van der Waals surface area contributed by atoms with Crippen LogP contribution in [0.25, 0.3) is 0 Å². The molecule has 2 aromatic heterocycles. The Morgan fingerprint density at radius 3 is 2.90 bits per heavy atom. The summed E-state index contributed by atoms with van der Waals surface area (Å²) < 4.78 is 5.09. The molecule has 5 nitrogen and oxygen atoms in total. The zero-order chi connectivity index (χ0) is 15.4. The maximum absolute atomic E-state index is 12.2. The van der Waals surface area contributed by atoms with Crippen molar-refractivity contribution in [2.75, 3.05) is 6.54 Å². The summed E-state index contributed by atoms with van der Waals surface area (Å²) in [4.78, 5) is 17.2. The Balaban J connectivity index is 1.95. The lowest BCUT2D eigenvalue weighted by Crippen LogP contribution is -2.28. The number of aromatic nitrogens is 1. The molecule has 0 saturated heterocycles. The minimum atomic E-state index is -0.840. The van der Waals surface area contributed by atoms with Gasteiger partial charge in [-0.15, -0.1) is 11.3 Å². The van der Waals surface area contributed by atoms with E-state index >= 15 is 0 Å². The Morgan fingerprint density at radius 2 is 2.29 bits per heavy atom. The van der Waals surface area contributed by atoms with Crippen molar-refractivity contribution in [1.29, 1.82) is 0 Å². The second-order valence-corrected chi connectivity index (χ2v) is 6.44. The van der Waals surface area contributed by atoms with Crippen molar-refractivity contribution >= 4 is 17.2 Å². The van der Waals surface area contributed by atoms with Crippen molar-refractivity contribution in [3.05, 3.63) is 39.7 Å². The Labute approximate surface area is 128 Å². The van der Waals surface area contributed by atoms with Crippen molar-refractivity contribution in [2.24, 2.45) is 5.92 Å². The van der Waals surface area contributed by atoms with Gasteiger partial charge >= 0.3 is 0 Å². The van der Waals surface area contributed by atoms with Gasteiger partial charge in [0.25, 0.3) is 5.91 Å². The number of rotatable bonds is 6. The zero-order valence-corrected chi connectivity index (χ0v) is 13.2. The van der Waals surface area contributed by atoms with Gasteiger partial charge in [-0.2, -0.15) is 0 Å². The summed E-state index contributed by atoms with van der Waals surface area (Å²) >= 11 is 1.42. The van der Waals surface area contributed by atoms with Crippen LogP contribution in [0.2, 0.25) is 0 Å². The van der Waals surface area contributed by atoms with Crippen LogP contribution in [0.4, 0.5) is 0 Å². The molecule has 0 aromatic carbocycles. The van der Waals surface area contributed by atoms with Gasteiger partial charge in [0.05, 0.1) is 23.5 Å². The molecular weight excluding hydrogens is 288 g/mol. The van der Waals surface area contributed by atoms with E-state index < -0.39 is 6.10 Å². The molecule has 1 amide bonds. The highest BCUT2D eigenvalue weighted by molar-refractivity contribution is 7.13. The standard InChI is InChI=1S/C15H20N2O3S/c1-9(2)7-13-17-10(3)14(21-13)15(19)16-8-11(18)12-5-4-6-20-12/h4-6,9,11,18H,7-8H2,1-3H3,(H,16,19). The Bertz CT molecular complexity index is 590. The third-order valence-corrected chi connectivity index (χ3v) is 4.14. The summed E-state index contributed by atoms with van der Waals surface area (Å²) in [7, 11) is 0. The molecule has 0 aliphatic rings. The smallest absolute Gasteiger partial charge is 0.263 e. The van der Waals surface area contributed by atoms with Gasteiger partial charge in [-0.05, 0) is 25.0 Å². The molecule has 0 spiro atoms. The van der Waals surface area contributed by atoms with E-state index in [0.717, 1.165) is 17.1 Å². The first-order valence-electron chi connectivity index (χ1n) is 6.93. The summed E-state index contributed by atoms with van der Waals surface area (Å²) in [6.45, 7) is 6.19. The van der Waals surface area contributed by atoms with E-state index in [-0.39, 0.29) is 12.5 Å². The van der Waals surface area contributed by atoms with Crippen LogP contribution in [0.1, 0.15) is 46.1 Å². The van der Waals surface area contributed by atoms with E-state index in [4.69, 9.17) is 4.42 Å². The topological polar surface area (TPSA) is 75.4 Å². The van der Waals surface area contributed by atoms with E-state index in [2.05, 4.69) is 24.1 Å². The lowest BCUT2D eigenvalue weighted by atomic mass is 10.1. The van der Waals surface area contributed by atoms with Crippen molar-refractivity contribution < 1.29 is 14.3 Å². The predicted octanol–water partition coefficient (Wildman–Crippen LogP) is 2.71. The van der Waals surface area contributed by atoms with Crippen LogP contribution >= 0.6 is 11.3 Å². The molecule has 0 saturated carbocycles. The second-order valence-electron chi connectivity index (χ2n) is 5.36. The lowest BCUT2D eigenvalue weighted by molar-refractivity contribution is 0.0904. The van der Waals surface area contributed by atoms with Gasteiger partial charge in [-0.3, -0.25) is 4.79 Å². The molecule has 1 atom stereocenters. The SMILES string of the molecule is Cc1nc(CC(C)C)sc1C(=O)NCC(O)c1ccco1. The van der Waals surface area contributed by atoms with Crippen LogP contribution in [-0.2, 0) is 6.42 Å². The summed E-state index contributed by atoms with van der Waals surface area (Å²) in [5.41, 5.74) is 0.737. The molecule has 0 bridgehead atoms. The van der Waals surface area contributed by atoms with Gasteiger partial charge in [-0.1, -0.05) is 13.8 Å². The number of thiazole rings is 1. The lowest BCUT2D eigenvalue weighted by Gasteiger charge is -2.08. The molecule has 1 unspecified atom stereocenters. The quantitative estimate of drug-likeness (QED) is 0.860. The molecular formula is C15H20N2O3S. The van der Waals surface area contributed by atoms with Crippen LogP contribution in [0.5, 0.6) is 0 Å².